The lowest BCUT2D eigenvalue weighted by Crippen LogP contribution is -2.42. The molecule has 1 atom stereocenters. The lowest BCUT2D eigenvalue weighted by Gasteiger charge is -2.33. The SMILES string of the molecule is CC(NCC1(O)CCCCC1)c1cccc(CO)c1. The first kappa shape index (κ1) is 14.5. The molecule has 1 unspecified atom stereocenters. The van der Waals surface area contributed by atoms with Crippen molar-refractivity contribution in [3.05, 3.63) is 35.4 Å². The predicted octanol–water partition coefficient (Wildman–Crippen LogP) is 2.52. The van der Waals surface area contributed by atoms with Crippen molar-refractivity contribution in [2.45, 2.75) is 57.3 Å². The number of benzene rings is 1. The molecule has 1 aromatic rings. The second kappa shape index (κ2) is 6.51. The highest BCUT2D eigenvalue weighted by atomic mass is 16.3. The van der Waals surface area contributed by atoms with Crippen LogP contribution >= 0.6 is 0 Å². The molecule has 2 rings (SSSR count). The summed E-state index contributed by atoms with van der Waals surface area (Å²) >= 11 is 0. The predicted molar refractivity (Wildman–Crippen MR) is 76.8 cm³/mol. The molecule has 0 amide bonds. The number of nitrogens with one attached hydrogen (secondary N) is 1. The maximum absolute atomic E-state index is 10.5. The van der Waals surface area contributed by atoms with Gasteiger partial charge < -0.3 is 15.5 Å². The molecule has 0 aliphatic heterocycles. The van der Waals surface area contributed by atoms with Gasteiger partial charge >= 0.3 is 0 Å². The molecule has 3 nitrogen and oxygen atoms in total. The van der Waals surface area contributed by atoms with Crippen LogP contribution in [0, 0.1) is 0 Å². The van der Waals surface area contributed by atoms with Gasteiger partial charge in [-0.1, -0.05) is 43.5 Å². The standard InChI is InChI=1S/C16H25NO2/c1-13(15-7-5-6-14(10-15)11-18)17-12-16(19)8-3-2-4-9-16/h5-7,10,13,17-19H,2-4,8-9,11-12H2,1H3. The van der Waals surface area contributed by atoms with Crippen LogP contribution in [0.3, 0.4) is 0 Å². The highest BCUT2D eigenvalue weighted by Gasteiger charge is 2.29. The van der Waals surface area contributed by atoms with Gasteiger partial charge in [-0.3, -0.25) is 0 Å². The Morgan fingerprint density at radius 3 is 2.68 bits per heavy atom. The molecule has 0 spiro atoms. The van der Waals surface area contributed by atoms with Crippen LogP contribution in [0.4, 0.5) is 0 Å². The minimum absolute atomic E-state index is 0.0739. The van der Waals surface area contributed by atoms with E-state index in [1.807, 2.05) is 18.2 Å². The number of hydrogen-bond acceptors (Lipinski definition) is 3. The van der Waals surface area contributed by atoms with E-state index in [2.05, 4.69) is 18.3 Å². The topological polar surface area (TPSA) is 52.5 Å². The summed E-state index contributed by atoms with van der Waals surface area (Å²) in [6.07, 6.45) is 5.32. The molecule has 0 heterocycles. The van der Waals surface area contributed by atoms with Crippen molar-refractivity contribution in [2.24, 2.45) is 0 Å². The largest absolute Gasteiger partial charge is 0.392 e. The maximum Gasteiger partial charge on any atom is 0.0771 e. The molecule has 1 fully saturated rings. The summed E-state index contributed by atoms with van der Waals surface area (Å²) < 4.78 is 0. The Morgan fingerprint density at radius 2 is 2.00 bits per heavy atom. The van der Waals surface area contributed by atoms with Crippen molar-refractivity contribution < 1.29 is 10.2 Å². The molecule has 1 aromatic carbocycles. The summed E-state index contributed by atoms with van der Waals surface area (Å²) in [5.41, 5.74) is 1.56. The minimum atomic E-state index is -0.527. The summed E-state index contributed by atoms with van der Waals surface area (Å²) in [4.78, 5) is 0. The maximum atomic E-state index is 10.5. The highest BCUT2D eigenvalue weighted by molar-refractivity contribution is 5.25. The third-order valence-corrected chi connectivity index (χ3v) is 4.16. The van der Waals surface area contributed by atoms with Crippen LogP contribution in [0.15, 0.2) is 24.3 Å². The van der Waals surface area contributed by atoms with Crippen LogP contribution in [0.2, 0.25) is 0 Å². The van der Waals surface area contributed by atoms with Gasteiger partial charge in [0.05, 0.1) is 12.2 Å². The Kier molecular flexibility index (Phi) is 4.97. The molecule has 1 saturated carbocycles. The Balaban J connectivity index is 1.91. The summed E-state index contributed by atoms with van der Waals surface area (Å²) in [5.74, 6) is 0. The molecule has 0 radical (unpaired) electrons. The van der Waals surface area contributed by atoms with Crippen molar-refractivity contribution >= 4 is 0 Å². The second-order valence-electron chi connectivity index (χ2n) is 5.79. The zero-order chi connectivity index (χ0) is 13.7. The van der Waals surface area contributed by atoms with Crippen LogP contribution in [0.1, 0.15) is 56.2 Å². The van der Waals surface area contributed by atoms with Crippen LogP contribution in [0.5, 0.6) is 0 Å². The van der Waals surface area contributed by atoms with Crippen molar-refractivity contribution in [2.75, 3.05) is 6.54 Å². The van der Waals surface area contributed by atoms with E-state index in [1.165, 1.54) is 6.42 Å². The number of hydrogen-bond donors (Lipinski definition) is 3. The zero-order valence-electron chi connectivity index (χ0n) is 11.7. The average Bonchev–Trinajstić information content (AvgIpc) is 2.46. The van der Waals surface area contributed by atoms with E-state index in [1.54, 1.807) is 0 Å². The third kappa shape index (κ3) is 4.03. The fourth-order valence-corrected chi connectivity index (χ4v) is 2.81. The van der Waals surface area contributed by atoms with Crippen LogP contribution < -0.4 is 5.32 Å². The Labute approximate surface area is 115 Å². The van der Waals surface area contributed by atoms with E-state index in [9.17, 15) is 5.11 Å². The van der Waals surface area contributed by atoms with Gasteiger partial charge in [0.25, 0.3) is 0 Å². The van der Waals surface area contributed by atoms with Gasteiger partial charge in [-0.25, -0.2) is 0 Å². The fourth-order valence-electron chi connectivity index (χ4n) is 2.81. The third-order valence-electron chi connectivity index (χ3n) is 4.16. The summed E-state index contributed by atoms with van der Waals surface area (Å²) in [6.45, 7) is 2.82. The molecule has 0 aromatic heterocycles. The molecule has 1 aliphatic rings. The van der Waals surface area contributed by atoms with E-state index in [-0.39, 0.29) is 12.6 Å². The monoisotopic (exact) mass is 263 g/mol. The van der Waals surface area contributed by atoms with Crippen LogP contribution in [0.25, 0.3) is 0 Å². The molecule has 3 N–H and O–H groups in total. The molecular formula is C16H25NO2. The molecular weight excluding hydrogens is 238 g/mol. The molecule has 3 heteroatoms. The van der Waals surface area contributed by atoms with Gasteiger partial charge in [-0.2, -0.15) is 0 Å². The Hall–Kier alpha value is -0.900. The number of aliphatic hydroxyl groups excluding tert-OH is 1. The average molecular weight is 263 g/mol. The summed E-state index contributed by atoms with van der Waals surface area (Å²) in [5, 5.41) is 23.1. The minimum Gasteiger partial charge on any atom is -0.392 e. The van der Waals surface area contributed by atoms with Crippen molar-refractivity contribution in [1.29, 1.82) is 0 Å². The highest BCUT2D eigenvalue weighted by Crippen LogP contribution is 2.28. The first-order chi connectivity index (χ1) is 9.13. The van der Waals surface area contributed by atoms with Gasteiger partial charge in [0.2, 0.25) is 0 Å². The quantitative estimate of drug-likeness (QED) is 0.765. The van der Waals surface area contributed by atoms with Gasteiger partial charge in [0.15, 0.2) is 0 Å². The Morgan fingerprint density at radius 1 is 1.26 bits per heavy atom. The Bertz CT molecular complexity index is 399. The van der Waals surface area contributed by atoms with Crippen LogP contribution in [-0.2, 0) is 6.61 Å². The van der Waals surface area contributed by atoms with Gasteiger partial charge in [0, 0.05) is 12.6 Å². The van der Waals surface area contributed by atoms with E-state index in [0.717, 1.165) is 36.8 Å². The first-order valence-electron chi connectivity index (χ1n) is 7.28. The summed E-state index contributed by atoms with van der Waals surface area (Å²) in [7, 11) is 0. The second-order valence-corrected chi connectivity index (χ2v) is 5.79. The van der Waals surface area contributed by atoms with Crippen molar-refractivity contribution in [3.8, 4) is 0 Å². The van der Waals surface area contributed by atoms with Crippen molar-refractivity contribution in [1.82, 2.24) is 5.32 Å². The van der Waals surface area contributed by atoms with E-state index in [0.29, 0.717) is 6.54 Å². The van der Waals surface area contributed by atoms with E-state index in [4.69, 9.17) is 5.11 Å². The number of aliphatic hydroxyl groups is 2. The van der Waals surface area contributed by atoms with Crippen LogP contribution in [-0.4, -0.2) is 22.4 Å². The molecule has 106 valence electrons. The van der Waals surface area contributed by atoms with Crippen molar-refractivity contribution in [3.63, 3.8) is 0 Å². The smallest absolute Gasteiger partial charge is 0.0771 e. The molecule has 0 saturated heterocycles. The first-order valence-corrected chi connectivity index (χ1v) is 7.28. The lowest BCUT2D eigenvalue weighted by molar-refractivity contribution is 0.00300. The zero-order valence-corrected chi connectivity index (χ0v) is 11.7. The van der Waals surface area contributed by atoms with E-state index < -0.39 is 5.60 Å². The molecule has 0 bridgehead atoms. The lowest BCUT2D eigenvalue weighted by atomic mass is 9.84. The van der Waals surface area contributed by atoms with Gasteiger partial charge in [-0.15, -0.1) is 0 Å². The molecule has 19 heavy (non-hydrogen) atoms. The fraction of sp³-hybridized carbons (Fsp3) is 0.625. The van der Waals surface area contributed by atoms with E-state index >= 15 is 0 Å². The van der Waals surface area contributed by atoms with Gasteiger partial charge in [-0.05, 0) is 30.9 Å². The molecule has 1 aliphatic carbocycles. The van der Waals surface area contributed by atoms with Gasteiger partial charge in [0.1, 0.15) is 0 Å². The summed E-state index contributed by atoms with van der Waals surface area (Å²) in [6, 6.07) is 8.15. The number of rotatable bonds is 5. The normalized spacial score (nSPS) is 20.2.